The van der Waals surface area contributed by atoms with E-state index in [9.17, 15) is 0 Å². The number of alkyl halides is 3. The number of rotatable bonds is 1. The van der Waals surface area contributed by atoms with Crippen molar-refractivity contribution in [1.82, 2.24) is 4.98 Å². The fourth-order valence-corrected chi connectivity index (χ4v) is 1.78. The van der Waals surface area contributed by atoms with Gasteiger partial charge in [0.05, 0.1) is 11.8 Å². The highest BCUT2D eigenvalue weighted by molar-refractivity contribution is 6.83. The monoisotopic (exact) mass is 322 g/mol. The number of aromatic nitrogens is 1. The van der Waals surface area contributed by atoms with E-state index in [1.807, 2.05) is 0 Å². The minimum Gasteiger partial charge on any atom is -0.444 e. The van der Waals surface area contributed by atoms with Gasteiger partial charge in [0, 0.05) is 6.07 Å². The molecule has 0 spiro atoms. The van der Waals surface area contributed by atoms with Crippen LogP contribution in [0.5, 0.6) is 5.75 Å². The molecule has 0 amide bonds. The highest BCUT2D eigenvalue weighted by Gasteiger charge is 2.22. The van der Waals surface area contributed by atoms with E-state index in [-0.39, 0.29) is 0 Å². The average Bonchev–Trinajstić information content (AvgIpc) is 2.15. The molecule has 1 aromatic heterocycles. The van der Waals surface area contributed by atoms with Crippen molar-refractivity contribution in [3.05, 3.63) is 17.8 Å². The molecule has 0 unspecified atom stereocenters. The van der Waals surface area contributed by atoms with Crippen molar-refractivity contribution >= 4 is 48.7 Å². The third-order valence-electron chi connectivity index (χ3n) is 1.70. The van der Waals surface area contributed by atoms with Crippen LogP contribution >= 0.6 is 34.8 Å². The Morgan fingerprint density at radius 2 is 1.94 bits per heavy atom. The zero-order valence-corrected chi connectivity index (χ0v) is 13.5. The number of hydrogen-bond donors (Lipinski definition) is 1. The summed E-state index contributed by atoms with van der Waals surface area (Å²) in [5.74, 6) is 3.63. The van der Waals surface area contributed by atoms with Gasteiger partial charge < -0.3 is 10.5 Å². The summed E-state index contributed by atoms with van der Waals surface area (Å²) in [6.07, 6.45) is 1.39. The van der Waals surface area contributed by atoms with Crippen LogP contribution in [0.3, 0.4) is 0 Å². The number of pyridine rings is 1. The number of ether oxygens (including phenoxy) is 1. The van der Waals surface area contributed by atoms with Gasteiger partial charge >= 0.3 is 3.98 Å². The lowest BCUT2D eigenvalue weighted by Crippen LogP contribution is -2.16. The number of nitrogens with zero attached hydrogens (tertiary/aromatic N) is 1. The number of anilines is 1. The van der Waals surface area contributed by atoms with Crippen molar-refractivity contribution in [3.63, 3.8) is 0 Å². The normalized spacial score (nSPS) is 11.7. The lowest BCUT2D eigenvalue weighted by Gasteiger charge is -2.13. The van der Waals surface area contributed by atoms with Gasteiger partial charge in [0.1, 0.15) is 19.6 Å². The zero-order valence-electron chi connectivity index (χ0n) is 10.2. The summed E-state index contributed by atoms with van der Waals surface area (Å²) in [7, 11) is -1.49. The van der Waals surface area contributed by atoms with E-state index in [2.05, 4.69) is 36.1 Å². The van der Waals surface area contributed by atoms with E-state index in [4.69, 9.17) is 45.3 Å². The number of nitrogens with two attached hydrogens (primary N) is 1. The highest BCUT2D eigenvalue weighted by atomic mass is 35.6. The zero-order chi connectivity index (χ0) is 14.0. The molecule has 0 aliphatic carbocycles. The van der Waals surface area contributed by atoms with E-state index >= 15 is 0 Å². The van der Waals surface area contributed by atoms with Gasteiger partial charge in [0.2, 0.25) is 0 Å². The molecular weight excluding hydrogens is 311 g/mol. The molecule has 0 fully saturated rings. The molecule has 3 nitrogen and oxygen atoms in total. The maximum atomic E-state index is 5.73. The van der Waals surface area contributed by atoms with E-state index in [1.54, 1.807) is 6.07 Å². The van der Waals surface area contributed by atoms with Crippen molar-refractivity contribution in [2.45, 2.75) is 23.6 Å². The first-order valence-electron chi connectivity index (χ1n) is 5.11. The Hall–Kier alpha value is -0.603. The van der Waals surface area contributed by atoms with Gasteiger partial charge in [0.25, 0.3) is 0 Å². The Balaban J connectivity index is 3.05. The second kappa shape index (κ2) is 5.58. The van der Waals surface area contributed by atoms with Crippen LogP contribution < -0.4 is 10.5 Å². The molecule has 2 N–H and O–H groups in total. The Bertz CT molecular complexity index is 498. The van der Waals surface area contributed by atoms with E-state index in [0.29, 0.717) is 17.1 Å². The predicted octanol–water partition coefficient (Wildman–Crippen LogP) is 3.60. The molecule has 18 heavy (non-hydrogen) atoms. The fraction of sp³-hybridized carbons (Fsp3) is 0.364. The van der Waals surface area contributed by atoms with Gasteiger partial charge in [-0.25, -0.2) is 4.98 Å². The number of hydrogen-bond acceptors (Lipinski definition) is 3. The molecular formula is C11H13Cl3N2OSi. The van der Waals surface area contributed by atoms with Gasteiger partial charge in [-0.05, 0) is 34.8 Å². The molecule has 0 aromatic carbocycles. The second-order valence-electron chi connectivity index (χ2n) is 4.65. The maximum Gasteiger partial charge on any atom is 0.338 e. The molecule has 98 valence electrons. The Kier molecular flexibility index (Phi) is 4.79. The van der Waals surface area contributed by atoms with E-state index in [1.165, 1.54) is 6.20 Å². The summed E-state index contributed by atoms with van der Waals surface area (Å²) >= 11 is 16.6. The van der Waals surface area contributed by atoms with Gasteiger partial charge in [-0.15, -0.1) is 5.54 Å². The Morgan fingerprint density at radius 1 is 1.33 bits per heavy atom. The molecule has 1 rings (SSSR count). The van der Waals surface area contributed by atoms with E-state index in [0.717, 1.165) is 0 Å². The molecule has 7 heteroatoms. The SMILES string of the molecule is C[Si](C)(C)C#Cc1cc(OC(Cl)(Cl)Cl)cnc1N. The molecule has 0 atom stereocenters. The van der Waals surface area contributed by atoms with Crippen molar-refractivity contribution in [2.75, 3.05) is 5.73 Å². The van der Waals surface area contributed by atoms with Crippen LogP contribution in [-0.4, -0.2) is 17.0 Å². The smallest absolute Gasteiger partial charge is 0.338 e. The quantitative estimate of drug-likeness (QED) is 0.488. The third kappa shape index (κ3) is 5.83. The lowest BCUT2D eigenvalue weighted by molar-refractivity contribution is 0.319. The summed E-state index contributed by atoms with van der Waals surface area (Å²) < 4.78 is 3.22. The van der Waals surface area contributed by atoms with Gasteiger partial charge in [-0.2, -0.15) is 0 Å². The molecule has 0 saturated heterocycles. The van der Waals surface area contributed by atoms with Crippen LogP contribution in [0.15, 0.2) is 12.3 Å². The fourth-order valence-electron chi connectivity index (χ4n) is 1.00. The van der Waals surface area contributed by atoms with Gasteiger partial charge in [0.15, 0.2) is 0 Å². The maximum absolute atomic E-state index is 5.73. The molecule has 0 radical (unpaired) electrons. The van der Waals surface area contributed by atoms with Crippen LogP contribution in [0, 0.1) is 11.5 Å². The number of halogens is 3. The Morgan fingerprint density at radius 3 is 2.44 bits per heavy atom. The standard InChI is InChI=1S/C11H13Cl3N2OSi/c1-18(2,3)5-4-8-6-9(7-16-10(8)15)17-11(12,13)14/h6-7H,1-3H3,(H2,15,16). The van der Waals surface area contributed by atoms with Crippen LogP contribution in [-0.2, 0) is 0 Å². The first-order valence-corrected chi connectivity index (χ1v) is 9.75. The van der Waals surface area contributed by atoms with Crippen molar-refractivity contribution < 1.29 is 4.74 Å². The topological polar surface area (TPSA) is 48.1 Å². The minimum absolute atomic E-state index is 0.309. The number of nitrogen functional groups attached to an aromatic ring is 1. The summed E-state index contributed by atoms with van der Waals surface area (Å²) in [4.78, 5) is 3.95. The molecule has 0 aliphatic rings. The van der Waals surface area contributed by atoms with Crippen LogP contribution in [0.4, 0.5) is 5.82 Å². The molecule has 1 heterocycles. The lowest BCUT2D eigenvalue weighted by atomic mass is 10.2. The van der Waals surface area contributed by atoms with Gasteiger partial charge in [-0.1, -0.05) is 25.6 Å². The van der Waals surface area contributed by atoms with E-state index < -0.39 is 12.1 Å². The molecule has 0 aliphatic heterocycles. The summed E-state index contributed by atoms with van der Waals surface area (Å²) in [6.45, 7) is 6.39. The predicted molar refractivity (Wildman–Crippen MR) is 79.8 cm³/mol. The first-order chi connectivity index (χ1) is 8.07. The highest BCUT2D eigenvalue weighted by Crippen LogP contribution is 2.30. The third-order valence-corrected chi connectivity index (χ3v) is 2.81. The molecule has 0 bridgehead atoms. The molecule has 0 saturated carbocycles. The molecule has 1 aromatic rings. The van der Waals surface area contributed by atoms with Crippen LogP contribution in [0.1, 0.15) is 5.56 Å². The van der Waals surface area contributed by atoms with Gasteiger partial charge in [-0.3, -0.25) is 0 Å². The second-order valence-corrected chi connectivity index (χ2v) is 11.6. The largest absolute Gasteiger partial charge is 0.444 e. The first kappa shape index (κ1) is 15.5. The van der Waals surface area contributed by atoms with Crippen LogP contribution in [0.25, 0.3) is 0 Å². The minimum atomic E-state index is -1.83. The Labute approximate surface area is 123 Å². The summed E-state index contributed by atoms with van der Waals surface area (Å²) in [6, 6.07) is 1.61. The van der Waals surface area contributed by atoms with Crippen molar-refractivity contribution in [2.24, 2.45) is 0 Å². The van der Waals surface area contributed by atoms with Crippen LogP contribution in [0.2, 0.25) is 19.6 Å². The van der Waals surface area contributed by atoms with Crippen molar-refractivity contribution in [1.29, 1.82) is 0 Å². The summed E-state index contributed by atoms with van der Waals surface area (Å²) in [5, 5.41) is 0. The average molecular weight is 324 g/mol. The van der Waals surface area contributed by atoms with Crippen molar-refractivity contribution in [3.8, 4) is 17.2 Å². The summed E-state index contributed by atoms with van der Waals surface area (Å²) in [5.41, 5.74) is 9.49.